The minimum absolute atomic E-state index is 0.00416. The van der Waals surface area contributed by atoms with Crippen LogP contribution < -0.4 is 16.0 Å². The Morgan fingerprint density at radius 3 is 2.69 bits per heavy atom. The van der Waals surface area contributed by atoms with Crippen LogP contribution in [-0.4, -0.2) is 41.1 Å². The lowest BCUT2D eigenvalue weighted by Gasteiger charge is -2.30. The zero-order valence-corrected chi connectivity index (χ0v) is 15.5. The van der Waals surface area contributed by atoms with Gasteiger partial charge in [-0.1, -0.05) is 30.8 Å². The van der Waals surface area contributed by atoms with E-state index in [-0.39, 0.29) is 17.9 Å². The maximum atomic E-state index is 12.0. The molecule has 1 aliphatic heterocycles. The molecule has 0 bridgehead atoms. The van der Waals surface area contributed by atoms with E-state index < -0.39 is 5.54 Å². The smallest absolute Gasteiger partial charge is 0.227 e. The quantitative estimate of drug-likeness (QED) is 0.655. The molecule has 0 spiro atoms. The van der Waals surface area contributed by atoms with Gasteiger partial charge >= 0.3 is 0 Å². The molecule has 2 heterocycles. The second-order valence-electron chi connectivity index (χ2n) is 7.45. The molecule has 0 aromatic carbocycles. The Hall–Kier alpha value is -1.96. The minimum atomic E-state index is -0.540. The highest BCUT2D eigenvalue weighted by atomic mass is 16.5. The van der Waals surface area contributed by atoms with E-state index in [9.17, 15) is 9.59 Å². The summed E-state index contributed by atoms with van der Waals surface area (Å²) in [6.45, 7) is 3.30. The molecule has 2 amide bonds. The van der Waals surface area contributed by atoms with Crippen molar-refractivity contribution < 1.29 is 14.1 Å². The Bertz CT molecular complexity index is 616. The number of carbonyl (C=O) groups excluding carboxylic acids is 2. The van der Waals surface area contributed by atoms with Gasteiger partial charge in [0.15, 0.2) is 5.82 Å². The van der Waals surface area contributed by atoms with Gasteiger partial charge in [0.2, 0.25) is 17.7 Å². The van der Waals surface area contributed by atoms with Crippen LogP contribution in [0.15, 0.2) is 4.52 Å². The van der Waals surface area contributed by atoms with Crippen LogP contribution >= 0.6 is 0 Å². The van der Waals surface area contributed by atoms with Gasteiger partial charge in [0.1, 0.15) is 5.54 Å². The van der Waals surface area contributed by atoms with E-state index in [1.54, 1.807) is 0 Å². The predicted molar refractivity (Wildman–Crippen MR) is 95.2 cm³/mol. The lowest BCUT2D eigenvalue weighted by atomic mass is 9.89. The molecule has 1 aromatic heterocycles. The number of amides is 2. The van der Waals surface area contributed by atoms with E-state index in [1.807, 2.05) is 0 Å². The molecular formula is C18H29N5O3. The summed E-state index contributed by atoms with van der Waals surface area (Å²) in [7, 11) is 0. The first kappa shape index (κ1) is 18.8. The summed E-state index contributed by atoms with van der Waals surface area (Å²) < 4.78 is 5.38. The fourth-order valence-electron chi connectivity index (χ4n) is 3.92. The first-order valence-corrected chi connectivity index (χ1v) is 9.69. The summed E-state index contributed by atoms with van der Waals surface area (Å²) in [6.07, 6.45) is 7.71. The van der Waals surface area contributed by atoms with Crippen LogP contribution in [0.25, 0.3) is 0 Å². The number of carbonyl (C=O) groups is 2. The van der Waals surface area contributed by atoms with Crippen molar-refractivity contribution >= 4 is 11.8 Å². The van der Waals surface area contributed by atoms with Gasteiger partial charge in [0.05, 0.1) is 0 Å². The zero-order valence-electron chi connectivity index (χ0n) is 15.5. The number of rotatable bonds is 6. The first-order chi connectivity index (χ1) is 12.6. The van der Waals surface area contributed by atoms with Gasteiger partial charge < -0.3 is 20.5 Å². The molecule has 144 valence electrons. The minimum Gasteiger partial charge on any atom is -0.352 e. The SMILES string of the molecule is CC(=O)NC1(c2noc(CCC(=O)NC3CCNC3)n2)CCCCCC1. The van der Waals surface area contributed by atoms with Crippen LogP contribution in [0.5, 0.6) is 0 Å². The van der Waals surface area contributed by atoms with Gasteiger partial charge in [-0.3, -0.25) is 9.59 Å². The third-order valence-corrected chi connectivity index (χ3v) is 5.26. The van der Waals surface area contributed by atoms with Crippen molar-refractivity contribution in [3.8, 4) is 0 Å². The van der Waals surface area contributed by atoms with E-state index in [0.717, 1.165) is 58.0 Å². The molecule has 2 aliphatic rings. The summed E-state index contributed by atoms with van der Waals surface area (Å²) >= 11 is 0. The number of aryl methyl sites for hydroxylation is 1. The molecular weight excluding hydrogens is 334 g/mol. The van der Waals surface area contributed by atoms with Crippen molar-refractivity contribution in [1.29, 1.82) is 0 Å². The predicted octanol–water partition coefficient (Wildman–Crippen LogP) is 1.17. The van der Waals surface area contributed by atoms with Crippen molar-refractivity contribution in [1.82, 2.24) is 26.1 Å². The molecule has 8 nitrogen and oxygen atoms in total. The Morgan fingerprint density at radius 1 is 1.27 bits per heavy atom. The third-order valence-electron chi connectivity index (χ3n) is 5.26. The van der Waals surface area contributed by atoms with Crippen molar-refractivity contribution in [2.45, 2.75) is 76.3 Å². The molecule has 8 heteroatoms. The molecule has 1 unspecified atom stereocenters. The molecule has 26 heavy (non-hydrogen) atoms. The zero-order chi connectivity index (χ0) is 18.4. The van der Waals surface area contributed by atoms with Crippen LogP contribution in [0.3, 0.4) is 0 Å². The summed E-state index contributed by atoms with van der Waals surface area (Å²) in [5.74, 6) is 0.922. The number of nitrogens with zero attached hydrogens (tertiary/aromatic N) is 2. The van der Waals surface area contributed by atoms with Crippen LogP contribution in [0, 0.1) is 0 Å². The topological polar surface area (TPSA) is 109 Å². The maximum Gasteiger partial charge on any atom is 0.227 e. The normalized spacial score (nSPS) is 22.6. The summed E-state index contributed by atoms with van der Waals surface area (Å²) in [5, 5.41) is 13.5. The fraction of sp³-hybridized carbons (Fsp3) is 0.778. The van der Waals surface area contributed by atoms with Crippen molar-refractivity contribution in [3.63, 3.8) is 0 Å². The number of hydrogen-bond donors (Lipinski definition) is 3. The average Bonchev–Trinajstić information content (AvgIpc) is 3.22. The third kappa shape index (κ3) is 4.81. The van der Waals surface area contributed by atoms with E-state index in [1.165, 1.54) is 6.92 Å². The first-order valence-electron chi connectivity index (χ1n) is 9.69. The highest BCUT2D eigenvalue weighted by molar-refractivity contribution is 5.76. The van der Waals surface area contributed by atoms with Crippen molar-refractivity contribution in [2.24, 2.45) is 0 Å². The van der Waals surface area contributed by atoms with E-state index in [0.29, 0.717) is 24.6 Å². The highest BCUT2D eigenvalue weighted by Gasteiger charge is 2.38. The summed E-state index contributed by atoms with van der Waals surface area (Å²) in [6, 6.07) is 0.217. The molecule has 1 saturated heterocycles. The van der Waals surface area contributed by atoms with Gasteiger partial charge in [-0.05, 0) is 25.8 Å². The van der Waals surface area contributed by atoms with Crippen LogP contribution in [0.4, 0.5) is 0 Å². The van der Waals surface area contributed by atoms with E-state index >= 15 is 0 Å². The van der Waals surface area contributed by atoms with E-state index in [2.05, 4.69) is 26.1 Å². The molecule has 1 aliphatic carbocycles. The standard InChI is InChI=1S/C18H29N5O3/c1-13(24)22-18(9-4-2-3-5-10-18)17-21-16(26-23-17)7-6-15(25)20-14-8-11-19-12-14/h14,19H,2-12H2,1H3,(H,20,25)(H,22,24). The Kier molecular flexibility index (Phi) is 6.24. The van der Waals surface area contributed by atoms with Crippen LogP contribution in [0.1, 0.15) is 70.0 Å². The largest absolute Gasteiger partial charge is 0.352 e. The number of aromatic nitrogens is 2. The Balaban J connectivity index is 1.60. The lowest BCUT2D eigenvalue weighted by molar-refractivity contribution is -0.122. The van der Waals surface area contributed by atoms with Crippen molar-refractivity contribution in [2.75, 3.05) is 13.1 Å². The molecule has 3 N–H and O–H groups in total. The van der Waals surface area contributed by atoms with Gasteiger partial charge in [0.25, 0.3) is 0 Å². The van der Waals surface area contributed by atoms with Gasteiger partial charge in [-0.25, -0.2) is 0 Å². The van der Waals surface area contributed by atoms with E-state index in [4.69, 9.17) is 4.52 Å². The van der Waals surface area contributed by atoms with Crippen LogP contribution in [0.2, 0.25) is 0 Å². The molecule has 1 atom stereocenters. The summed E-state index contributed by atoms with van der Waals surface area (Å²) in [4.78, 5) is 28.3. The number of nitrogens with one attached hydrogen (secondary N) is 3. The average molecular weight is 363 g/mol. The maximum absolute atomic E-state index is 12.0. The lowest BCUT2D eigenvalue weighted by Crippen LogP contribution is -2.45. The monoisotopic (exact) mass is 363 g/mol. The van der Waals surface area contributed by atoms with Gasteiger partial charge in [0, 0.05) is 32.4 Å². The second-order valence-corrected chi connectivity index (χ2v) is 7.45. The molecule has 3 rings (SSSR count). The van der Waals surface area contributed by atoms with Gasteiger partial charge in [-0.15, -0.1) is 0 Å². The Morgan fingerprint density at radius 2 is 2.04 bits per heavy atom. The fourth-order valence-corrected chi connectivity index (χ4v) is 3.92. The second kappa shape index (κ2) is 8.62. The van der Waals surface area contributed by atoms with Gasteiger partial charge in [-0.2, -0.15) is 4.98 Å². The van der Waals surface area contributed by atoms with Crippen LogP contribution in [-0.2, 0) is 21.5 Å². The Labute approximate surface area is 153 Å². The number of hydrogen-bond acceptors (Lipinski definition) is 6. The molecule has 2 fully saturated rings. The highest BCUT2D eigenvalue weighted by Crippen LogP contribution is 2.34. The molecule has 1 aromatic rings. The molecule has 0 radical (unpaired) electrons. The van der Waals surface area contributed by atoms with Crippen molar-refractivity contribution in [3.05, 3.63) is 11.7 Å². The summed E-state index contributed by atoms with van der Waals surface area (Å²) in [5.41, 5.74) is -0.540. The molecule has 1 saturated carbocycles.